The van der Waals surface area contributed by atoms with Gasteiger partial charge in [0, 0.05) is 30.8 Å². The van der Waals surface area contributed by atoms with E-state index in [0.717, 1.165) is 34.7 Å². The third kappa shape index (κ3) is 4.55. The summed E-state index contributed by atoms with van der Waals surface area (Å²) in [4.78, 5) is 8.27. The van der Waals surface area contributed by atoms with Gasteiger partial charge in [-0.25, -0.2) is 0 Å². The minimum absolute atomic E-state index is 0.266. The molecule has 0 atom stereocenters. The molecule has 2 heterocycles. The molecule has 0 N–H and O–H groups in total. The Balaban J connectivity index is 1.49. The van der Waals surface area contributed by atoms with Crippen LogP contribution in [0.25, 0.3) is 0 Å². The molecule has 0 saturated heterocycles. The molecule has 0 spiro atoms. The van der Waals surface area contributed by atoms with Gasteiger partial charge in [-0.15, -0.1) is 10.2 Å². The maximum absolute atomic E-state index is 5.77. The Morgan fingerprint density at radius 2 is 2.08 bits per heavy atom. The molecule has 1 aromatic carbocycles. The van der Waals surface area contributed by atoms with Crippen LogP contribution >= 0.6 is 11.8 Å². The van der Waals surface area contributed by atoms with Gasteiger partial charge in [0.15, 0.2) is 6.61 Å². The van der Waals surface area contributed by atoms with Gasteiger partial charge < -0.3 is 9.15 Å². The number of hydrogen-bond acceptors (Lipinski definition) is 7. The van der Waals surface area contributed by atoms with E-state index in [1.807, 2.05) is 26.0 Å². The summed E-state index contributed by atoms with van der Waals surface area (Å²) in [6.07, 6.45) is 5.92. The fraction of sp³-hybridized carbons (Fsp3) is 0.294. The van der Waals surface area contributed by atoms with Gasteiger partial charge in [0.1, 0.15) is 5.75 Å². The highest BCUT2D eigenvalue weighted by Crippen LogP contribution is 2.21. The van der Waals surface area contributed by atoms with Gasteiger partial charge in [0.05, 0.1) is 5.69 Å². The first kappa shape index (κ1) is 16.4. The zero-order chi connectivity index (χ0) is 16.8. The molecule has 0 fully saturated rings. The topological polar surface area (TPSA) is 73.9 Å². The molecule has 3 aromatic rings. The van der Waals surface area contributed by atoms with Crippen molar-refractivity contribution in [3.8, 4) is 5.75 Å². The van der Waals surface area contributed by atoms with E-state index in [2.05, 4.69) is 26.2 Å². The van der Waals surface area contributed by atoms with Gasteiger partial charge in [-0.3, -0.25) is 9.97 Å². The average molecular weight is 342 g/mol. The zero-order valence-electron chi connectivity index (χ0n) is 13.6. The maximum Gasteiger partial charge on any atom is 0.276 e. The van der Waals surface area contributed by atoms with Gasteiger partial charge in [-0.1, -0.05) is 23.9 Å². The molecule has 0 saturated carbocycles. The lowest BCUT2D eigenvalue weighted by Gasteiger charge is -2.07. The quantitative estimate of drug-likeness (QED) is 0.609. The Hall–Kier alpha value is -2.41. The summed E-state index contributed by atoms with van der Waals surface area (Å²) in [7, 11) is 0. The third-order valence-electron chi connectivity index (χ3n) is 3.34. The van der Waals surface area contributed by atoms with Crippen LogP contribution in [0.15, 0.2) is 46.4 Å². The first-order valence-corrected chi connectivity index (χ1v) is 8.59. The summed E-state index contributed by atoms with van der Waals surface area (Å²) >= 11 is 1.50. The summed E-state index contributed by atoms with van der Waals surface area (Å²) in [5.41, 5.74) is 3.18. The van der Waals surface area contributed by atoms with E-state index in [-0.39, 0.29) is 6.61 Å². The van der Waals surface area contributed by atoms with E-state index in [1.165, 1.54) is 11.8 Å². The first-order chi connectivity index (χ1) is 11.7. The highest BCUT2D eigenvalue weighted by Gasteiger charge is 2.09. The van der Waals surface area contributed by atoms with Crippen molar-refractivity contribution in [1.82, 2.24) is 20.2 Å². The van der Waals surface area contributed by atoms with E-state index in [4.69, 9.17) is 9.15 Å². The van der Waals surface area contributed by atoms with Crippen LogP contribution in [0.3, 0.4) is 0 Å². The minimum atomic E-state index is 0.266. The molecule has 7 heteroatoms. The smallest absolute Gasteiger partial charge is 0.276 e. The normalized spacial score (nSPS) is 10.8. The fourth-order valence-electron chi connectivity index (χ4n) is 2.06. The SMILES string of the molecule is Cc1ccc(C)c(OCc2nnc(SCCc3cnccn3)o2)c1. The summed E-state index contributed by atoms with van der Waals surface area (Å²) in [6.45, 7) is 4.31. The van der Waals surface area contributed by atoms with Gasteiger partial charge >= 0.3 is 0 Å². The number of aromatic nitrogens is 4. The van der Waals surface area contributed by atoms with Crippen LogP contribution in [0, 0.1) is 13.8 Å². The van der Waals surface area contributed by atoms with Crippen LogP contribution in [-0.4, -0.2) is 25.9 Å². The molecule has 124 valence electrons. The van der Waals surface area contributed by atoms with E-state index < -0.39 is 0 Å². The number of aryl methyl sites for hydroxylation is 3. The Kier molecular flexibility index (Phi) is 5.43. The van der Waals surface area contributed by atoms with Crippen molar-refractivity contribution in [1.29, 1.82) is 0 Å². The highest BCUT2D eigenvalue weighted by molar-refractivity contribution is 7.99. The van der Waals surface area contributed by atoms with Gasteiger partial charge in [-0.05, 0) is 31.0 Å². The summed E-state index contributed by atoms with van der Waals surface area (Å²) in [6, 6.07) is 6.09. The van der Waals surface area contributed by atoms with E-state index in [0.29, 0.717) is 11.1 Å². The van der Waals surface area contributed by atoms with E-state index >= 15 is 0 Å². The second kappa shape index (κ2) is 7.92. The van der Waals surface area contributed by atoms with Crippen molar-refractivity contribution in [2.75, 3.05) is 5.75 Å². The lowest BCUT2D eigenvalue weighted by Crippen LogP contribution is -1.97. The van der Waals surface area contributed by atoms with Crippen molar-refractivity contribution >= 4 is 11.8 Å². The zero-order valence-corrected chi connectivity index (χ0v) is 14.4. The second-order valence-electron chi connectivity index (χ2n) is 5.31. The third-order valence-corrected chi connectivity index (χ3v) is 4.16. The molecule has 0 aliphatic heterocycles. The van der Waals surface area contributed by atoms with Crippen LogP contribution < -0.4 is 4.74 Å². The molecule has 0 radical (unpaired) electrons. The summed E-state index contributed by atoms with van der Waals surface area (Å²) in [5, 5.41) is 8.59. The number of thioether (sulfide) groups is 1. The lowest BCUT2D eigenvalue weighted by molar-refractivity contribution is 0.250. The van der Waals surface area contributed by atoms with Crippen LogP contribution in [0.1, 0.15) is 22.7 Å². The Morgan fingerprint density at radius 3 is 2.92 bits per heavy atom. The average Bonchev–Trinajstić information content (AvgIpc) is 3.04. The number of ether oxygens (including phenoxy) is 1. The molecule has 0 aliphatic rings. The van der Waals surface area contributed by atoms with Gasteiger partial charge in [0.2, 0.25) is 0 Å². The molecular weight excluding hydrogens is 324 g/mol. The van der Waals surface area contributed by atoms with E-state index in [9.17, 15) is 0 Å². The second-order valence-corrected chi connectivity index (χ2v) is 6.36. The highest BCUT2D eigenvalue weighted by atomic mass is 32.2. The Morgan fingerprint density at radius 1 is 1.17 bits per heavy atom. The van der Waals surface area contributed by atoms with Crippen molar-refractivity contribution in [3.63, 3.8) is 0 Å². The molecule has 0 aliphatic carbocycles. The number of benzene rings is 1. The molecular formula is C17H18N4O2S. The van der Waals surface area contributed by atoms with Crippen LogP contribution in [0.4, 0.5) is 0 Å². The molecule has 24 heavy (non-hydrogen) atoms. The largest absolute Gasteiger partial charge is 0.484 e. The molecule has 0 bridgehead atoms. The van der Waals surface area contributed by atoms with Crippen LogP contribution in [0.5, 0.6) is 5.75 Å². The van der Waals surface area contributed by atoms with Crippen molar-refractivity contribution in [2.45, 2.75) is 32.1 Å². The van der Waals surface area contributed by atoms with Crippen LogP contribution in [0.2, 0.25) is 0 Å². The first-order valence-electron chi connectivity index (χ1n) is 7.61. The van der Waals surface area contributed by atoms with E-state index in [1.54, 1.807) is 18.6 Å². The van der Waals surface area contributed by atoms with Crippen LogP contribution in [-0.2, 0) is 13.0 Å². The fourth-order valence-corrected chi connectivity index (χ4v) is 2.80. The Bertz CT molecular complexity index is 792. The van der Waals surface area contributed by atoms with Crippen molar-refractivity contribution in [3.05, 3.63) is 59.5 Å². The lowest BCUT2D eigenvalue weighted by atomic mass is 10.1. The predicted octanol–water partition coefficient (Wildman–Crippen LogP) is 3.39. The van der Waals surface area contributed by atoms with Crippen molar-refractivity contribution in [2.24, 2.45) is 0 Å². The minimum Gasteiger partial charge on any atom is -0.484 e. The molecule has 6 nitrogen and oxygen atoms in total. The Labute approximate surface area is 144 Å². The predicted molar refractivity (Wildman–Crippen MR) is 91.0 cm³/mol. The van der Waals surface area contributed by atoms with Crippen molar-refractivity contribution < 1.29 is 9.15 Å². The standard InChI is InChI=1S/C17H18N4O2S/c1-12-3-4-13(2)15(9-12)22-11-16-20-21-17(23-16)24-8-5-14-10-18-6-7-19-14/h3-4,6-7,9-10H,5,8,11H2,1-2H3. The van der Waals surface area contributed by atoms with Gasteiger partial charge in [0.25, 0.3) is 11.1 Å². The number of rotatable bonds is 7. The number of hydrogen-bond donors (Lipinski definition) is 0. The number of nitrogens with zero attached hydrogens (tertiary/aromatic N) is 4. The van der Waals surface area contributed by atoms with Gasteiger partial charge in [-0.2, -0.15) is 0 Å². The molecule has 0 unspecified atom stereocenters. The molecule has 2 aromatic heterocycles. The monoisotopic (exact) mass is 342 g/mol. The summed E-state index contributed by atoms with van der Waals surface area (Å²) < 4.78 is 11.4. The summed E-state index contributed by atoms with van der Waals surface area (Å²) in [5.74, 6) is 2.11. The maximum atomic E-state index is 5.77. The molecule has 0 amide bonds. The molecule has 3 rings (SSSR count).